The zero-order chi connectivity index (χ0) is 38.7. The Morgan fingerprint density at radius 3 is 2.06 bits per heavy atom. The van der Waals surface area contributed by atoms with Crippen molar-refractivity contribution in [3.05, 3.63) is 124 Å². The second kappa shape index (κ2) is 18.8. The van der Waals surface area contributed by atoms with Crippen molar-refractivity contribution < 1.29 is 33.8 Å². The summed E-state index contributed by atoms with van der Waals surface area (Å²) in [5.74, 6) is 0.393. The zero-order valence-electron chi connectivity index (χ0n) is 30.0. The molecule has 1 saturated heterocycles. The topological polar surface area (TPSA) is 177 Å². The number of aliphatic hydroxyl groups excluding tert-OH is 1. The number of aryl methyl sites for hydroxylation is 1. The van der Waals surface area contributed by atoms with Crippen molar-refractivity contribution >= 4 is 47.0 Å². The molecule has 4 unspecified atom stereocenters. The summed E-state index contributed by atoms with van der Waals surface area (Å²) >= 11 is 2.32. The van der Waals surface area contributed by atoms with Crippen molar-refractivity contribution in [2.45, 2.75) is 61.8 Å². The van der Waals surface area contributed by atoms with E-state index >= 15 is 0 Å². The molecule has 1 aliphatic heterocycles. The third-order valence-electron chi connectivity index (χ3n) is 8.88. The fourth-order valence-corrected chi connectivity index (χ4v) is 7.27. The number of carbonyl (C=O) groups is 4. The van der Waals surface area contributed by atoms with Gasteiger partial charge in [-0.2, -0.15) is 11.8 Å². The average molecular weight is 772 g/mol. The Labute approximate surface area is 321 Å². The number of nitroso groups, excluding NO2 is 1. The van der Waals surface area contributed by atoms with Crippen LogP contribution in [0.15, 0.2) is 90.4 Å². The van der Waals surface area contributed by atoms with Gasteiger partial charge in [0.1, 0.15) is 35.6 Å². The number of benzene rings is 2. The summed E-state index contributed by atoms with van der Waals surface area (Å²) in [6, 6.07) is 20.5. The van der Waals surface area contributed by atoms with Crippen LogP contribution in [0, 0.1) is 4.91 Å². The number of nitrogens with zero attached hydrogens (tertiary/aromatic N) is 4. The van der Waals surface area contributed by atoms with Gasteiger partial charge in [-0.15, -0.1) is 4.91 Å². The molecule has 0 aliphatic carbocycles. The first-order valence-corrected chi connectivity index (χ1v) is 19.3. The van der Waals surface area contributed by atoms with E-state index in [1.54, 1.807) is 67.7 Å². The lowest BCUT2D eigenvalue weighted by Gasteiger charge is -2.22. The number of amides is 4. The highest BCUT2D eigenvalue weighted by Gasteiger charge is 2.43. The fraction of sp³-hybridized carbons (Fsp3) is 0.333. The quantitative estimate of drug-likeness (QED) is 0.0869. The van der Waals surface area contributed by atoms with Gasteiger partial charge in [0.25, 0.3) is 5.24 Å². The van der Waals surface area contributed by atoms with Crippen molar-refractivity contribution in [2.24, 2.45) is 5.18 Å². The highest BCUT2D eigenvalue weighted by atomic mass is 32.2. The lowest BCUT2D eigenvalue weighted by molar-refractivity contribution is -0.138. The predicted octanol–water partition coefficient (Wildman–Crippen LogP) is 5.78. The first-order chi connectivity index (χ1) is 26.0. The standard InChI is InChI=1S/C39H41N5O8S2/c1-4-25-9-15-31(40-19-25)33(43-50)22-51-29-11-5-26(6-12-29)17-35(53-3)36(47)44(24-45)21-28-10-16-32(41-20-28)34(46)23-52-30-13-7-27(8-14-30)18-39(2)37(48)42-38(49)54-39/h5-16,19-20,24,33-35,46H,4,17-18,21-23H2,1-3H3,(H,42,48,49). The second-order valence-corrected chi connectivity index (χ2v) is 15.4. The number of thioether (sulfide) groups is 2. The number of carbonyl (C=O) groups excluding carboxylic acids is 4. The molecule has 0 spiro atoms. The lowest BCUT2D eigenvalue weighted by atomic mass is 9.99. The molecule has 4 atom stereocenters. The van der Waals surface area contributed by atoms with E-state index in [0.29, 0.717) is 47.7 Å². The van der Waals surface area contributed by atoms with Crippen molar-refractivity contribution in [3.8, 4) is 11.5 Å². The van der Waals surface area contributed by atoms with Crippen LogP contribution in [-0.2, 0) is 40.2 Å². The highest BCUT2D eigenvalue weighted by molar-refractivity contribution is 8.16. The monoisotopic (exact) mass is 771 g/mol. The van der Waals surface area contributed by atoms with E-state index in [9.17, 15) is 29.2 Å². The number of imide groups is 2. The van der Waals surface area contributed by atoms with Crippen LogP contribution in [0.4, 0.5) is 4.79 Å². The molecule has 4 amide bonds. The summed E-state index contributed by atoms with van der Waals surface area (Å²) in [5, 5.41) is 15.3. The van der Waals surface area contributed by atoms with Gasteiger partial charge in [0.05, 0.1) is 23.2 Å². The molecule has 54 heavy (non-hydrogen) atoms. The third-order valence-corrected chi connectivity index (χ3v) is 10.9. The Balaban J connectivity index is 1.09. The van der Waals surface area contributed by atoms with E-state index in [4.69, 9.17) is 9.47 Å². The largest absolute Gasteiger partial charge is 0.491 e. The van der Waals surface area contributed by atoms with Gasteiger partial charge in [0.2, 0.25) is 18.2 Å². The van der Waals surface area contributed by atoms with E-state index in [2.05, 4.69) is 20.5 Å². The molecular weight excluding hydrogens is 731 g/mol. The SMILES string of the molecule is CCc1ccc(C(COc2ccc(CC(SC)C(=O)N(C=O)Cc3ccc(C(O)COc4ccc(CC5(C)SC(=O)NC5=O)cc4)nc3)cc2)N=O)nc1. The highest BCUT2D eigenvalue weighted by Crippen LogP contribution is 2.35. The second-order valence-electron chi connectivity index (χ2n) is 12.8. The number of rotatable bonds is 19. The number of pyridine rings is 2. The van der Waals surface area contributed by atoms with Crippen LogP contribution in [-0.4, -0.2) is 72.9 Å². The van der Waals surface area contributed by atoms with Gasteiger partial charge in [0.15, 0.2) is 6.04 Å². The molecule has 282 valence electrons. The number of hydrogen-bond donors (Lipinski definition) is 2. The molecule has 1 aliphatic rings. The summed E-state index contributed by atoms with van der Waals surface area (Å²) in [7, 11) is 0. The van der Waals surface area contributed by atoms with E-state index in [1.807, 2.05) is 31.4 Å². The third kappa shape index (κ3) is 10.5. The number of ether oxygens (including phenoxy) is 2. The molecule has 15 heteroatoms. The Bertz CT molecular complexity index is 1910. The van der Waals surface area contributed by atoms with Gasteiger partial charge < -0.3 is 14.6 Å². The van der Waals surface area contributed by atoms with Gasteiger partial charge in [-0.1, -0.05) is 48.5 Å². The summed E-state index contributed by atoms with van der Waals surface area (Å²) in [6.45, 7) is 3.73. The molecular formula is C39H41N5O8S2. The first-order valence-electron chi connectivity index (χ1n) is 17.2. The molecule has 4 aromatic rings. The van der Waals surface area contributed by atoms with Crippen molar-refractivity contribution in [1.82, 2.24) is 20.2 Å². The summed E-state index contributed by atoms with van der Waals surface area (Å²) < 4.78 is 10.7. The maximum Gasteiger partial charge on any atom is 0.286 e. The number of hydrogen-bond acceptors (Lipinski definition) is 13. The number of nitrogens with one attached hydrogen (secondary N) is 1. The molecule has 2 N–H and O–H groups in total. The van der Waals surface area contributed by atoms with Gasteiger partial charge in [-0.3, -0.25) is 39.4 Å². The molecule has 2 aromatic heterocycles. The van der Waals surface area contributed by atoms with Crippen LogP contribution in [0.25, 0.3) is 0 Å². The Morgan fingerprint density at radius 1 is 0.926 bits per heavy atom. The summed E-state index contributed by atoms with van der Waals surface area (Å²) in [4.78, 5) is 70.4. The summed E-state index contributed by atoms with van der Waals surface area (Å²) in [6.07, 6.45) is 6.11. The van der Waals surface area contributed by atoms with Crippen LogP contribution in [0.3, 0.4) is 0 Å². The molecule has 0 radical (unpaired) electrons. The predicted molar refractivity (Wildman–Crippen MR) is 206 cm³/mol. The molecule has 5 rings (SSSR count). The van der Waals surface area contributed by atoms with Crippen molar-refractivity contribution in [2.75, 3.05) is 19.5 Å². The van der Waals surface area contributed by atoms with Crippen LogP contribution < -0.4 is 14.8 Å². The molecule has 1 fully saturated rings. The maximum atomic E-state index is 13.4. The minimum absolute atomic E-state index is 0.00767. The van der Waals surface area contributed by atoms with Crippen molar-refractivity contribution in [3.63, 3.8) is 0 Å². The zero-order valence-corrected chi connectivity index (χ0v) is 31.7. The first kappa shape index (κ1) is 40.1. The number of aliphatic hydroxyl groups is 1. The van der Waals surface area contributed by atoms with Gasteiger partial charge in [0, 0.05) is 12.4 Å². The molecule has 3 heterocycles. The normalized spacial score (nSPS) is 16.9. The minimum atomic E-state index is -1.04. The Kier molecular flexibility index (Phi) is 13.9. The average Bonchev–Trinajstić information content (AvgIpc) is 3.45. The maximum absolute atomic E-state index is 13.4. The van der Waals surface area contributed by atoms with Crippen LogP contribution in [0.1, 0.15) is 59.6 Å². The van der Waals surface area contributed by atoms with E-state index < -0.39 is 22.1 Å². The van der Waals surface area contributed by atoms with Gasteiger partial charge >= 0.3 is 0 Å². The molecule has 13 nitrogen and oxygen atoms in total. The molecule has 2 aromatic carbocycles. The Morgan fingerprint density at radius 2 is 1.52 bits per heavy atom. The van der Waals surface area contributed by atoms with Gasteiger partial charge in [-0.05, 0) is 103 Å². The summed E-state index contributed by atoms with van der Waals surface area (Å²) in [5.41, 5.74) is 4.29. The molecule has 0 saturated carbocycles. The molecule has 0 bridgehead atoms. The number of aromatic nitrogens is 2. The van der Waals surface area contributed by atoms with E-state index in [1.165, 1.54) is 18.0 Å². The van der Waals surface area contributed by atoms with E-state index in [-0.39, 0.29) is 36.8 Å². The van der Waals surface area contributed by atoms with Crippen molar-refractivity contribution in [1.29, 1.82) is 0 Å². The van der Waals surface area contributed by atoms with Crippen LogP contribution >= 0.6 is 23.5 Å². The smallest absolute Gasteiger partial charge is 0.286 e. The lowest BCUT2D eigenvalue weighted by Crippen LogP contribution is -2.37. The Hall–Kier alpha value is -5.12. The van der Waals surface area contributed by atoms with E-state index in [0.717, 1.165) is 39.8 Å². The van der Waals surface area contributed by atoms with Crippen LogP contribution in [0.2, 0.25) is 0 Å². The minimum Gasteiger partial charge on any atom is -0.491 e. The fourth-order valence-electron chi connectivity index (χ4n) is 5.64. The van der Waals surface area contributed by atoms with Gasteiger partial charge in [-0.25, -0.2) is 0 Å². The van der Waals surface area contributed by atoms with Crippen LogP contribution in [0.5, 0.6) is 11.5 Å².